The summed E-state index contributed by atoms with van der Waals surface area (Å²) in [5.41, 5.74) is 1.08. The zero-order valence-electron chi connectivity index (χ0n) is 15.6. The van der Waals surface area contributed by atoms with Crippen LogP contribution >= 0.6 is 0 Å². The summed E-state index contributed by atoms with van der Waals surface area (Å²) in [5.74, 6) is 2.60. The van der Waals surface area contributed by atoms with Gasteiger partial charge in [-0.2, -0.15) is 0 Å². The van der Waals surface area contributed by atoms with Gasteiger partial charge in [0.15, 0.2) is 9.84 Å². The number of nitrogens with zero attached hydrogens (tertiary/aromatic N) is 3. The molecule has 2 aromatic rings. The molecule has 2 aliphatic rings. The van der Waals surface area contributed by atoms with Crippen molar-refractivity contribution in [1.82, 2.24) is 9.97 Å². The molecule has 1 aromatic heterocycles. The van der Waals surface area contributed by atoms with Crippen LogP contribution in [0.15, 0.2) is 41.4 Å². The van der Waals surface area contributed by atoms with E-state index in [1.54, 1.807) is 19.1 Å². The molecular weight excluding hydrogens is 360 g/mol. The number of benzene rings is 1. The molecule has 2 fully saturated rings. The summed E-state index contributed by atoms with van der Waals surface area (Å²) in [7, 11) is -3.13. The lowest BCUT2D eigenvalue weighted by Gasteiger charge is -2.34. The quantitative estimate of drug-likeness (QED) is 0.821. The van der Waals surface area contributed by atoms with Crippen LogP contribution in [0.25, 0.3) is 0 Å². The Morgan fingerprint density at radius 2 is 1.78 bits per heavy atom. The van der Waals surface area contributed by atoms with Gasteiger partial charge in [-0.3, -0.25) is 0 Å². The standard InChI is InChI=1S/C20H26N4O2S/c1-2-27(25,26)18-7-5-17(6-8-18)24-13-10-16(11-14-24)22-19-9-12-21-20(23-19)15-3-4-15/h5-9,12,15-16H,2-4,10-11,13-14H2,1H3,(H,21,22,23). The van der Waals surface area contributed by atoms with Gasteiger partial charge < -0.3 is 10.2 Å². The van der Waals surface area contributed by atoms with Crippen LogP contribution in [0.2, 0.25) is 0 Å². The molecule has 6 nitrogen and oxygen atoms in total. The SMILES string of the molecule is CCS(=O)(=O)c1ccc(N2CCC(Nc3ccnc(C4CC4)n3)CC2)cc1. The lowest BCUT2D eigenvalue weighted by Crippen LogP contribution is -2.39. The number of hydrogen-bond acceptors (Lipinski definition) is 6. The normalized spacial score (nSPS) is 18.5. The molecule has 4 rings (SSSR count). The third-order valence-electron chi connectivity index (χ3n) is 5.40. The third-order valence-corrected chi connectivity index (χ3v) is 7.16. The Bertz CT molecular complexity index is 886. The summed E-state index contributed by atoms with van der Waals surface area (Å²) >= 11 is 0. The number of sulfone groups is 1. The molecule has 0 radical (unpaired) electrons. The lowest BCUT2D eigenvalue weighted by atomic mass is 10.0. The van der Waals surface area contributed by atoms with Crippen molar-refractivity contribution in [3.63, 3.8) is 0 Å². The van der Waals surface area contributed by atoms with Gasteiger partial charge in [-0.1, -0.05) is 6.92 Å². The number of anilines is 2. The highest BCUT2D eigenvalue weighted by atomic mass is 32.2. The van der Waals surface area contributed by atoms with Gasteiger partial charge in [0, 0.05) is 36.9 Å². The average Bonchev–Trinajstić information content (AvgIpc) is 3.54. The first-order chi connectivity index (χ1) is 13.0. The first kappa shape index (κ1) is 18.2. The van der Waals surface area contributed by atoms with E-state index in [0.29, 0.717) is 16.9 Å². The predicted molar refractivity (Wildman–Crippen MR) is 107 cm³/mol. The third kappa shape index (κ3) is 4.24. The van der Waals surface area contributed by atoms with E-state index in [-0.39, 0.29) is 5.75 Å². The monoisotopic (exact) mass is 386 g/mol. The van der Waals surface area contributed by atoms with Crippen LogP contribution in [-0.2, 0) is 9.84 Å². The van der Waals surface area contributed by atoms with Crippen molar-refractivity contribution < 1.29 is 8.42 Å². The van der Waals surface area contributed by atoms with Crippen LogP contribution in [0.4, 0.5) is 11.5 Å². The first-order valence-corrected chi connectivity index (χ1v) is 11.4. The molecule has 1 aromatic carbocycles. The van der Waals surface area contributed by atoms with Crippen molar-refractivity contribution in [3.05, 3.63) is 42.4 Å². The van der Waals surface area contributed by atoms with Gasteiger partial charge in [-0.25, -0.2) is 18.4 Å². The minimum absolute atomic E-state index is 0.134. The van der Waals surface area contributed by atoms with Crippen LogP contribution in [0.3, 0.4) is 0 Å². The molecule has 27 heavy (non-hydrogen) atoms. The van der Waals surface area contributed by atoms with E-state index in [1.165, 1.54) is 12.8 Å². The summed E-state index contributed by atoms with van der Waals surface area (Å²) < 4.78 is 23.9. The minimum atomic E-state index is -3.13. The Morgan fingerprint density at radius 1 is 1.07 bits per heavy atom. The number of nitrogens with one attached hydrogen (secondary N) is 1. The molecule has 0 spiro atoms. The van der Waals surface area contributed by atoms with Crippen LogP contribution in [0.1, 0.15) is 44.3 Å². The summed E-state index contributed by atoms with van der Waals surface area (Å²) in [4.78, 5) is 11.7. The fraction of sp³-hybridized carbons (Fsp3) is 0.500. The molecule has 0 bridgehead atoms. The highest BCUT2D eigenvalue weighted by molar-refractivity contribution is 7.91. The maximum Gasteiger partial charge on any atom is 0.178 e. The van der Waals surface area contributed by atoms with E-state index in [2.05, 4.69) is 20.2 Å². The molecule has 7 heteroatoms. The van der Waals surface area contributed by atoms with Gasteiger partial charge in [0.1, 0.15) is 11.6 Å². The summed E-state index contributed by atoms with van der Waals surface area (Å²) in [6.07, 6.45) is 6.32. The minimum Gasteiger partial charge on any atom is -0.371 e. The molecule has 2 heterocycles. The van der Waals surface area contributed by atoms with E-state index < -0.39 is 9.84 Å². The van der Waals surface area contributed by atoms with Gasteiger partial charge >= 0.3 is 0 Å². The highest BCUT2D eigenvalue weighted by Gasteiger charge is 2.27. The van der Waals surface area contributed by atoms with Gasteiger partial charge in [-0.15, -0.1) is 0 Å². The van der Waals surface area contributed by atoms with Gasteiger partial charge in [0.2, 0.25) is 0 Å². The topological polar surface area (TPSA) is 75.2 Å². The Labute approximate surface area is 161 Å². The average molecular weight is 387 g/mol. The number of rotatable bonds is 6. The Morgan fingerprint density at radius 3 is 2.41 bits per heavy atom. The number of aromatic nitrogens is 2. The molecule has 1 N–H and O–H groups in total. The number of piperidine rings is 1. The van der Waals surface area contributed by atoms with Gasteiger partial charge in [-0.05, 0) is 56.0 Å². The zero-order chi connectivity index (χ0) is 18.9. The number of hydrogen-bond donors (Lipinski definition) is 1. The fourth-order valence-corrected chi connectivity index (χ4v) is 4.40. The Kier molecular flexibility index (Phi) is 5.04. The fourth-order valence-electron chi connectivity index (χ4n) is 3.51. The van der Waals surface area contributed by atoms with Gasteiger partial charge in [0.25, 0.3) is 0 Å². The zero-order valence-corrected chi connectivity index (χ0v) is 16.5. The smallest absolute Gasteiger partial charge is 0.178 e. The largest absolute Gasteiger partial charge is 0.371 e. The maximum atomic E-state index is 11.9. The second kappa shape index (κ2) is 7.46. The van der Waals surface area contributed by atoms with Gasteiger partial charge in [0.05, 0.1) is 10.6 Å². The molecule has 1 saturated carbocycles. The van der Waals surface area contributed by atoms with Crippen molar-refractivity contribution in [1.29, 1.82) is 0 Å². The molecule has 144 valence electrons. The van der Waals surface area contributed by atoms with E-state index in [9.17, 15) is 8.42 Å². The lowest BCUT2D eigenvalue weighted by molar-refractivity contribution is 0.525. The van der Waals surface area contributed by atoms with E-state index in [1.807, 2.05) is 24.4 Å². The maximum absolute atomic E-state index is 11.9. The van der Waals surface area contributed by atoms with Crippen molar-refractivity contribution in [2.45, 2.75) is 49.5 Å². The highest BCUT2D eigenvalue weighted by Crippen LogP contribution is 2.38. The van der Waals surface area contributed by atoms with Crippen molar-refractivity contribution in [3.8, 4) is 0 Å². The van der Waals surface area contributed by atoms with E-state index in [0.717, 1.165) is 43.3 Å². The van der Waals surface area contributed by atoms with Crippen LogP contribution < -0.4 is 10.2 Å². The van der Waals surface area contributed by atoms with Crippen LogP contribution in [-0.4, -0.2) is 43.3 Å². The predicted octanol–water partition coefficient (Wildman–Crippen LogP) is 3.23. The Balaban J connectivity index is 1.34. The van der Waals surface area contributed by atoms with Crippen molar-refractivity contribution >= 4 is 21.3 Å². The molecule has 0 amide bonds. The summed E-state index contributed by atoms with van der Waals surface area (Å²) in [6.45, 7) is 3.56. The van der Waals surface area contributed by atoms with Crippen LogP contribution in [0.5, 0.6) is 0 Å². The molecular formula is C20H26N4O2S. The van der Waals surface area contributed by atoms with E-state index in [4.69, 9.17) is 0 Å². The second-order valence-electron chi connectivity index (χ2n) is 7.38. The first-order valence-electron chi connectivity index (χ1n) is 9.72. The van der Waals surface area contributed by atoms with Crippen molar-refractivity contribution in [2.75, 3.05) is 29.1 Å². The van der Waals surface area contributed by atoms with Crippen LogP contribution in [0, 0.1) is 0 Å². The molecule has 1 saturated heterocycles. The summed E-state index contributed by atoms with van der Waals surface area (Å²) in [6, 6.07) is 9.64. The van der Waals surface area contributed by atoms with E-state index >= 15 is 0 Å². The Hall–Kier alpha value is -2.15. The van der Waals surface area contributed by atoms with Crippen molar-refractivity contribution in [2.24, 2.45) is 0 Å². The summed E-state index contributed by atoms with van der Waals surface area (Å²) in [5, 5.41) is 3.56. The molecule has 1 aliphatic carbocycles. The molecule has 0 atom stereocenters. The molecule has 0 unspecified atom stereocenters. The second-order valence-corrected chi connectivity index (χ2v) is 9.66. The molecule has 1 aliphatic heterocycles.